The van der Waals surface area contributed by atoms with Gasteiger partial charge in [-0.3, -0.25) is 4.79 Å². The molecule has 1 N–H and O–H groups in total. The number of nitrogens with zero attached hydrogens (tertiary/aromatic N) is 1. The van der Waals surface area contributed by atoms with Gasteiger partial charge in [-0.15, -0.1) is 11.3 Å². The van der Waals surface area contributed by atoms with E-state index < -0.39 is 11.4 Å². The Hall–Kier alpha value is -2.20. The van der Waals surface area contributed by atoms with Crippen molar-refractivity contribution in [3.05, 3.63) is 65.2 Å². The lowest BCUT2D eigenvalue weighted by molar-refractivity contribution is -0.143. The van der Waals surface area contributed by atoms with Crippen molar-refractivity contribution in [1.82, 2.24) is 4.98 Å². The van der Waals surface area contributed by atoms with Crippen molar-refractivity contribution in [2.75, 3.05) is 0 Å². The number of hydrogen-bond acceptors (Lipinski definition) is 3. The van der Waals surface area contributed by atoms with E-state index in [9.17, 15) is 9.90 Å². The summed E-state index contributed by atoms with van der Waals surface area (Å²) < 4.78 is 1.09. The Labute approximate surface area is 126 Å². The molecule has 0 spiro atoms. The molecule has 1 atom stereocenters. The van der Waals surface area contributed by atoms with Crippen LogP contribution in [0.4, 0.5) is 0 Å². The maximum Gasteiger partial charge on any atom is 0.314 e. The van der Waals surface area contributed by atoms with Gasteiger partial charge in [-0.2, -0.15) is 0 Å². The molecule has 0 saturated heterocycles. The minimum absolute atomic E-state index is 0.395. The van der Waals surface area contributed by atoms with Gasteiger partial charge in [-0.05, 0) is 24.6 Å². The number of para-hydroxylation sites is 1. The van der Waals surface area contributed by atoms with Gasteiger partial charge in [0.2, 0.25) is 0 Å². The molecular formula is C17H15NO2S. The molecule has 106 valence electrons. The zero-order valence-corrected chi connectivity index (χ0v) is 12.4. The van der Waals surface area contributed by atoms with Gasteiger partial charge in [0.05, 0.1) is 20.6 Å². The van der Waals surface area contributed by atoms with Crippen LogP contribution in [0.25, 0.3) is 10.2 Å². The zero-order chi connectivity index (χ0) is 14.9. The van der Waals surface area contributed by atoms with Crippen molar-refractivity contribution in [1.29, 1.82) is 0 Å². The topological polar surface area (TPSA) is 50.2 Å². The number of benzene rings is 2. The van der Waals surface area contributed by atoms with Crippen LogP contribution >= 0.6 is 11.3 Å². The Morgan fingerprint density at radius 2 is 1.81 bits per heavy atom. The van der Waals surface area contributed by atoms with Crippen LogP contribution in [0.3, 0.4) is 0 Å². The van der Waals surface area contributed by atoms with Crippen LogP contribution in [0.5, 0.6) is 0 Å². The lowest BCUT2D eigenvalue weighted by Gasteiger charge is -2.24. The SMILES string of the molecule is C[C@](Cc1nc2ccccc2s1)(C(=O)O)c1ccccc1. The fourth-order valence-electron chi connectivity index (χ4n) is 2.41. The third-order valence-electron chi connectivity index (χ3n) is 3.73. The highest BCUT2D eigenvalue weighted by Gasteiger charge is 2.36. The van der Waals surface area contributed by atoms with Gasteiger partial charge in [0.15, 0.2) is 0 Å². The molecule has 0 aliphatic heterocycles. The molecule has 0 saturated carbocycles. The summed E-state index contributed by atoms with van der Waals surface area (Å²) in [5, 5.41) is 10.6. The molecule has 1 aromatic heterocycles. The summed E-state index contributed by atoms with van der Waals surface area (Å²) in [5.41, 5.74) is 0.768. The highest BCUT2D eigenvalue weighted by atomic mass is 32.1. The largest absolute Gasteiger partial charge is 0.481 e. The number of aromatic nitrogens is 1. The highest BCUT2D eigenvalue weighted by Crippen LogP contribution is 2.32. The highest BCUT2D eigenvalue weighted by molar-refractivity contribution is 7.18. The lowest BCUT2D eigenvalue weighted by Crippen LogP contribution is -2.34. The first kappa shape index (κ1) is 13.8. The Balaban J connectivity index is 2.01. The van der Waals surface area contributed by atoms with E-state index in [1.165, 1.54) is 0 Å². The van der Waals surface area contributed by atoms with Crippen LogP contribution in [0, 0.1) is 0 Å². The van der Waals surface area contributed by atoms with E-state index in [0.717, 1.165) is 20.8 Å². The summed E-state index contributed by atoms with van der Waals surface area (Å²) in [6.45, 7) is 1.76. The second-order valence-electron chi connectivity index (χ2n) is 5.26. The molecule has 0 bridgehead atoms. The maximum absolute atomic E-state index is 11.8. The number of carboxylic acids is 1. The van der Waals surface area contributed by atoms with Gasteiger partial charge in [-0.25, -0.2) is 4.98 Å². The van der Waals surface area contributed by atoms with E-state index in [2.05, 4.69) is 4.98 Å². The minimum atomic E-state index is -0.963. The zero-order valence-electron chi connectivity index (χ0n) is 11.6. The molecule has 1 heterocycles. The van der Waals surface area contributed by atoms with Gasteiger partial charge in [-0.1, -0.05) is 42.5 Å². The van der Waals surface area contributed by atoms with Gasteiger partial charge in [0, 0.05) is 6.42 Å². The molecule has 4 heteroatoms. The third-order valence-corrected chi connectivity index (χ3v) is 4.76. The quantitative estimate of drug-likeness (QED) is 0.795. The molecular weight excluding hydrogens is 282 g/mol. The molecule has 21 heavy (non-hydrogen) atoms. The number of carboxylic acid groups (broad SMARTS) is 1. The Bertz CT molecular complexity index is 749. The van der Waals surface area contributed by atoms with Gasteiger partial charge in [0.1, 0.15) is 0 Å². The first-order valence-electron chi connectivity index (χ1n) is 6.73. The summed E-state index contributed by atoms with van der Waals surface area (Å²) in [4.78, 5) is 16.4. The summed E-state index contributed by atoms with van der Waals surface area (Å²) in [5.74, 6) is -0.826. The number of thiazole rings is 1. The molecule has 2 aromatic carbocycles. The fourth-order valence-corrected chi connectivity index (χ4v) is 3.53. The smallest absolute Gasteiger partial charge is 0.314 e. The molecule has 0 unspecified atom stereocenters. The summed E-state index contributed by atoms with van der Waals surface area (Å²) >= 11 is 1.56. The molecule has 3 rings (SSSR count). The van der Waals surface area contributed by atoms with Crippen molar-refractivity contribution in [2.24, 2.45) is 0 Å². The summed E-state index contributed by atoms with van der Waals surface area (Å²) in [6, 6.07) is 17.2. The van der Waals surface area contributed by atoms with E-state index in [1.54, 1.807) is 18.3 Å². The first-order chi connectivity index (χ1) is 10.1. The minimum Gasteiger partial charge on any atom is -0.481 e. The molecule has 0 fully saturated rings. The van der Waals surface area contributed by atoms with Crippen molar-refractivity contribution >= 4 is 27.5 Å². The molecule has 0 amide bonds. The van der Waals surface area contributed by atoms with E-state index in [4.69, 9.17) is 0 Å². The lowest BCUT2D eigenvalue weighted by atomic mass is 9.80. The van der Waals surface area contributed by atoms with Gasteiger partial charge in [0.25, 0.3) is 0 Å². The molecule has 0 radical (unpaired) electrons. The van der Waals surface area contributed by atoms with Gasteiger partial charge >= 0.3 is 5.97 Å². The number of hydrogen-bond donors (Lipinski definition) is 1. The van der Waals surface area contributed by atoms with E-state index in [0.29, 0.717) is 6.42 Å². The van der Waals surface area contributed by atoms with E-state index in [1.807, 2.05) is 54.6 Å². The van der Waals surface area contributed by atoms with Crippen LogP contribution in [-0.4, -0.2) is 16.1 Å². The van der Waals surface area contributed by atoms with Crippen LogP contribution in [0.2, 0.25) is 0 Å². The average molecular weight is 297 g/mol. The van der Waals surface area contributed by atoms with E-state index in [-0.39, 0.29) is 0 Å². The Morgan fingerprint density at radius 1 is 1.14 bits per heavy atom. The average Bonchev–Trinajstić information content (AvgIpc) is 2.89. The van der Waals surface area contributed by atoms with Crippen LogP contribution in [0.15, 0.2) is 54.6 Å². The van der Waals surface area contributed by atoms with Crippen LogP contribution < -0.4 is 0 Å². The van der Waals surface area contributed by atoms with E-state index >= 15 is 0 Å². The molecule has 0 aliphatic rings. The molecule has 0 aliphatic carbocycles. The van der Waals surface area contributed by atoms with Crippen molar-refractivity contribution in [2.45, 2.75) is 18.8 Å². The molecule has 3 aromatic rings. The second kappa shape index (κ2) is 5.30. The number of rotatable bonds is 4. The van der Waals surface area contributed by atoms with Crippen LogP contribution in [0.1, 0.15) is 17.5 Å². The number of aliphatic carboxylic acids is 1. The van der Waals surface area contributed by atoms with Crippen molar-refractivity contribution < 1.29 is 9.90 Å². The number of fused-ring (bicyclic) bond motifs is 1. The predicted molar refractivity (Wildman–Crippen MR) is 84.8 cm³/mol. The fraction of sp³-hybridized carbons (Fsp3) is 0.176. The Morgan fingerprint density at radius 3 is 2.48 bits per heavy atom. The normalized spacial score (nSPS) is 14.0. The third kappa shape index (κ3) is 2.54. The van der Waals surface area contributed by atoms with Crippen molar-refractivity contribution in [3.63, 3.8) is 0 Å². The monoisotopic (exact) mass is 297 g/mol. The maximum atomic E-state index is 11.8. The predicted octanol–water partition coefficient (Wildman–Crippen LogP) is 3.88. The van der Waals surface area contributed by atoms with Gasteiger partial charge < -0.3 is 5.11 Å². The summed E-state index contributed by atoms with van der Waals surface area (Å²) in [6.07, 6.45) is 0.395. The Kier molecular flexibility index (Phi) is 3.47. The second-order valence-corrected chi connectivity index (χ2v) is 6.37. The molecule has 3 nitrogen and oxygen atoms in total. The van der Waals surface area contributed by atoms with Crippen molar-refractivity contribution in [3.8, 4) is 0 Å². The number of carbonyl (C=O) groups is 1. The van der Waals surface area contributed by atoms with Crippen LogP contribution in [-0.2, 0) is 16.6 Å². The first-order valence-corrected chi connectivity index (χ1v) is 7.54. The summed E-state index contributed by atoms with van der Waals surface area (Å²) in [7, 11) is 0. The standard InChI is InChI=1S/C17H15NO2S/c1-17(16(19)20,12-7-3-2-4-8-12)11-15-18-13-9-5-6-10-14(13)21-15/h2-10H,11H2,1H3,(H,19,20)/t17-/m1/s1.